The second-order valence-corrected chi connectivity index (χ2v) is 10.3. The van der Waals surface area contributed by atoms with E-state index in [4.69, 9.17) is 22.1 Å². The molecule has 3 radical (unpaired) electrons. The SMILES string of the molecule is [B][C@@H]1O[C@H](C(C)C)C(/C=C/[PH](=O)C[C@H]2O[C@@H](C)[C@@H](C)C2OC(C)C)[C@@H]1C.[Y]. The summed E-state index contributed by atoms with van der Waals surface area (Å²) < 4.78 is 30.8. The predicted molar refractivity (Wildman–Crippen MR) is 108 cm³/mol. The molecule has 4 nitrogen and oxygen atoms in total. The summed E-state index contributed by atoms with van der Waals surface area (Å²) in [6.45, 7) is 14.7. The topological polar surface area (TPSA) is 44.8 Å². The number of hydrogen-bond donors (Lipinski definition) is 0. The van der Waals surface area contributed by atoms with Crippen molar-refractivity contribution in [3.05, 3.63) is 11.9 Å². The third-order valence-electron chi connectivity index (χ3n) is 5.83. The molecule has 2 fully saturated rings. The van der Waals surface area contributed by atoms with Crippen LogP contribution >= 0.6 is 7.80 Å². The first-order valence-electron chi connectivity index (χ1n) is 10.0. The molecular weight excluding hydrogens is 435 g/mol. The smallest absolute Gasteiger partial charge is 0.109 e. The van der Waals surface area contributed by atoms with Gasteiger partial charge < -0.3 is 18.8 Å². The van der Waals surface area contributed by atoms with Crippen LogP contribution in [0.4, 0.5) is 0 Å². The van der Waals surface area contributed by atoms with Crippen molar-refractivity contribution in [3.63, 3.8) is 0 Å². The van der Waals surface area contributed by atoms with Crippen LogP contribution in [0.25, 0.3) is 0 Å². The third kappa shape index (κ3) is 6.76. The van der Waals surface area contributed by atoms with Gasteiger partial charge in [0.05, 0.1) is 38.3 Å². The largest absolute Gasteiger partial charge is 0.384 e. The van der Waals surface area contributed by atoms with E-state index in [1.54, 1.807) is 0 Å². The Balaban J connectivity index is 0.00000364. The molecule has 0 spiro atoms. The van der Waals surface area contributed by atoms with Crippen LogP contribution in [0.5, 0.6) is 0 Å². The van der Waals surface area contributed by atoms with Crippen LogP contribution in [0.1, 0.15) is 48.5 Å². The zero-order valence-corrected chi connectivity index (χ0v) is 21.8. The molecule has 2 aliphatic heterocycles. The minimum absolute atomic E-state index is 0. The molecule has 0 aromatic rings. The average molecular weight is 471 g/mol. The second kappa shape index (κ2) is 11.4. The summed E-state index contributed by atoms with van der Waals surface area (Å²) in [5.41, 5.74) is 0. The van der Waals surface area contributed by atoms with Gasteiger partial charge in [0, 0.05) is 56.7 Å². The van der Waals surface area contributed by atoms with E-state index in [0.29, 0.717) is 18.0 Å². The molecule has 2 aliphatic rings. The van der Waals surface area contributed by atoms with E-state index in [1.807, 2.05) is 19.7 Å². The summed E-state index contributed by atoms with van der Waals surface area (Å²) in [5.74, 6) is 3.02. The molecular formula is C20H36BO4PY. The Morgan fingerprint density at radius 3 is 2.30 bits per heavy atom. The molecule has 3 unspecified atom stereocenters. The van der Waals surface area contributed by atoms with Gasteiger partial charge in [-0.3, -0.25) is 0 Å². The van der Waals surface area contributed by atoms with Gasteiger partial charge in [-0.2, -0.15) is 0 Å². The van der Waals surface area contributed by atoms with Crippen molar-refractivity contribution >= 4 is 15.6 Å². The Morgan fingerprint density at radius 2 is 1.74 bits per heavy atom. The van der Waals surface area contributed by atoms with Gasteiger partial charge in [0.15, 0.2) is 0 Å². The fraction of sp³-hybridized carbons (Fsp3) is 0.900. The first kappa shape index (κ1) is 26.1. The summed E-state index contributed by atoms with van der Waals surface area (Å²) in [7, 11) is 4.17. The summed E-state index contributed by atoms with van der Waals surface area (Å²) in [6.07, 6.45) is 2.88. The molecule has 7 heteroatoms. The second-order valence-electron chi connectivity index (χ2n) is 8.66. The predicted octanol–water partition coefficient (Wildman–Crippen LogP) is 4.08. The summed E-state index contributed by atoms with van der Waals surface area (Å²) >= 11 is 0. The Bertz CT molecular complexity index is 516. The van der Waals surface area contributed by atoms with Crippen molar-refractivity contribution in [2.75, 3.05) is 6.16 Å². The van der Waals surface area contributed by atoms with E-state index >= 15 is 0 Å². The number of ether oxygens (including phenoxy) is 3. The normalized spacial score (nSPS) is 40.8. The van der Waals surface area contributed by atoms with Crippen molar-refractivity contribution in [2.24, 2.45) is 23.7 Å². The van der Waals surface area contributed by atoms with Crippen molar-refractivity contribution in [2.45, 2.75) is 85.0 Å². The molecule has 0 aliphatic carbocycles. The van der Waals surface area contributed by atoms with Crippen molar-refractivity contribution in [1.82, 2.24) is 0 Å². The molecule has 27 heavy (non-hydrogen) atoms. The maximum absolute atomic E-state index is 12.8. The molecule has 0 aromatic carbocycles. The molecule has 9 atom stereocenters. The molecule has 151 valence electrons. The monoisotopic (exact) mass is 471 g/mol. The molecule has 0 bridgehead atoms. The molecule has 2 saturated heterocycles. The van der Waals surface area contributed by atoms with E-state index < -0.39 is 7.80 Å². The van der Waals surface area contributed by atoms with Gasteiger partial charge in [0.25, 0.3) is 0 Å². The molecule has 0 saturated carbocycles. The van der Waals surface area contributed by atoms with E-state index in [9.17, 15) is 4.57 Å². The van der Waals surface area contributed by atoms with Crippen LogP contribution < -0.4 is 0 Å². The fourth-order valence-electron chi connectivity index (χ4n) is 4.06. The standard InChI is InChI=1S/C20H36BO4P.Y/c1-11(2)18-16(14(6)20(21)25-18)8-9-26(22)10-17-19(23-12(3)4)13(5)15(7)24-17;/h8-9,11-20,26H,10H2,1-7H3;/b9-8+;/t13-,14+,15+,16?,17-,18-,19?,20-;/m1./s1. The van der Waals surface area contributed by atoms with Crippen molar-refractivity contribution in [1.29, 1.82) is 0 Å². The number of hydrogen-bond acceptors (Lipinski definition) is 4. The minimum Gasteiger partial charge on any atom is -0.384 e. The van der Waals surface area contributed by atoms with Crippen molar-refractivity contribution in [3.8, 4) is 0 Å². The summed E-state index contributed by atoms with van der Waals surface area (Å²) in [4.78, 5) is 0. The fourth-order valence-corrected chi connectivity index (χ4v) is 5.36. The molecule has 2 heterocycles. The van der Waals surface area contributed by atoms with Crippen LogP contribution in [0.15, 0.2) is 11.9 Å². The van der Waals surface area contributed by atoms with E-state index in [0.717, 1.165) is 0 Å². The maximum Gasteiger partial charge on any atom is 0.109 e. The Kier molecular flexibility index (Phi) is 11.0. The summed E-state index contributed by atoms with van der Waals surface area (Å²) in [5, 5.41) is 0. The zero-order valence-electron chi connectivity index (χ0n) is 17.9. The van der Waals surface area contributed by atoms with Gasteiger partial charge in [0.1, 0.15) is 7.85 Å². The van der Waals surface area contributed by atoms with Crippen LogP contribution in [0, 0.1) is 23.7 Å². The van der Waals surface area contributed by atoms with Gasteiger partial charge >= 0.3 is 0 Å². The molecule has 0 N–H and O–H groups in total. The van der Waals surface area contributed by atoms with Crippen molar-refractivity contribution < 1.29 is 51.5 Å². The average Bonchev–Trinajstić information content (AvgIpc) is 2.97. The molecule has 0 aromatic heterocycles. The van der Waals surface area contributed by atoms with Crippen LogP contribution in [0.2, 0.25) is 0 Å². The zero-order chi connectivity index (χ0) is 19.6. The van der Waals surface area contributed by atoms with Gasteiger partial charge in [-0.05, 0) is 38.4 Å². The van der Waals surface area contributed by atoms with Crippen LogP contribution in [0.3, 0.4) is 0 Å². The van der Waals surface area contributed by atoms with E-state index in [2.05, 4.69) is 40.7 Å². The van der Waals surface area contributed by atoms with E-state index in [-0.39, 0.29) is 81.1 Å². The minimum atomic E-state index is -1.89. The maximum atomic E-state index is 12.8. The number of rotatable bonds is 7. The Labute approximate surface area is 193 Å². The van der Waals surface area contributed by atoms with Gasteiger partial charge in [0.2, 0.25) is 0 Å². The quantitative estimate of drug-likeness (QED) is 0.415. The summed E-state index contributed by atoms with van der Waals surface area (Å²) in [6, 6.07) is -0.247. The first-order chi connectivity index (χ1) is 12.1. The Morgan fingerprint density at radius 1 is 1.11 bits per heavy atom. The van der Waals surface area contributed by atoms with Crippen LogP contribution in [-0.2, 0) is 51.5 Å². The third-order valence-corrected chi connectivity index (χ3v) is 7.20. The van der Waals surface area contributed by atoms with Gasteiger partial charge in [-0.25, -0.2) is 0 Å². The van der Waals surface area contributed by atoms with E-state index in [1.165, 1.54) is 0 Å². The molecule has 0 amide bonds. The Hall–Kier alpha value is 1.02. The van der Waals surface area contributed by atoms with Gasteiger partial charge in [-0.15, -0.1) is 0 Å². The van der Waals surface area contributed by atoms with Crippen LogP contribution in [-0.4, -0.2) is 50.5 Å². The first-order valence-corrected chi connectivity index (χ1v) is 11.7. The van der Waals surface area contributed by atoms with Gasteiger partial charge in [-0.1, -0.05) is 33.8 Å². The molecule has 2 rings (SSSR count).